The lowest BCUT2D eigenvalue weighted by atomic mass is 9.93. The van der Waals surface area contributed by atoms with Crippen LogP contribution in [0, 0.1) is 5.82 Å². The van der Waals surface area contributed by atoms with E-state index in [0.29, 0.717) is 43.0 Å². The van der Waals surface area contributed by atoms with Crippen molar-refractivity contribution in [3.05, 3.63) is 29.6 Å². The predicted octanol–water partition coefficient (Wildman–Crippen LogP) is 3.48. The molecule has 0 aromatic heterocycles. The van der Waals surface area contributed by atoms with Gasteiger partial charge in [-0.15, -0.1) is 0 Å². The molecule has 2 saturated heterocycles. The molecule has 0 bridgehead atoms. The van der Waals surface area contributed by atoms with Crippen molar-refractivity contribution < 1.29 is 27.8 Å². The molecule has 1 aromatic carbocycles. The van der Waals surface area contributed by atoms with Crippen LogP contribution in [0.25, 0.3) is 0 Å². The summed E-state index contributed by atoms with van der Waals surface area (Å²) in [6.07, 6.45) is 1.16. The van der Waals surface area contributed by atoms with Crippen molar-refractivity contribution in [3.63, 3.8) is 0 Å². The average molecular weight is 412 g/mol. The molecule has 0 radical (unpaired) electrons. The topological polar surface area (TPSA) is 84.9 Å². The fraction of sp³-hybridized carbons (Fsp3) is 0.579. The lowest BCUT2D eigenvalue weighted by molar-refractivity contribution is -0.119. The second-order valence-electron chi connectivity index (χ2n) is 7.21. The molecule has 0 spiro atoms. The van der Waals surface area contributed by atoms with E-state index in [0.717, 1.165) is 0 Å². The molecule has 0 aliphatic carbocycles. The van der Waals surface area contributed by atoms with Gasteiger partial charge in [0.2, 0.25) is 13.3 Å². The van der Waals surface area contributed by atoms with Crippen LogP contribution in [0.2, 0.25) is 0 Å². The van der Waals surface area contributed by atoms with Crippen molar-refractivity contribution in [2.24, 2.45) is 0 Å². The van der Waals surface area contributed by atoms with Gasteiger partial charge in [0, 0.05) is 19.2 Å². The Hall–Kier alpha value is -1.92. The van der Waals surface area contributed by atoms with Crippen molar-refractivity contribution >= 4 is 25.1 Å². The van der Waals surface area contributed by atoms with Crippen LogP contribution < -0.4 is 10.2 Å². The summed E-state index contributed by atoms with van der Waals surface area (Å²) < 4.78 is 37.9. The van der Waals surface area contributed by atoms with Gasteiger partial charge in [-0.3, -0.25) is 14.3 Å². The monoisotopic (exact) mass is 412 g/mol. The molecule has 154 valence electrons. The van der Waals surface area contributed by atoms with E-state index in [1.165, 1.54) is 17.9 Å². The minimum absolute atomic E-state index is 0.00498. The molecule has 1 unspecified atom stereocenters. The number of cyclic esters (lactones) is 1. The smallest absolute Gasteiger partial charge is 0.414 e. The molecule has 1 atom stereocenters. The van der Waals surface area contributed by atoms with Gasteiger partial charge in [0.05, 0.1) is 25.4 Å². The molecule has 2 aliphatic heterocycles. The third-order valence-corrected chi connectivity index (χ3v) is 7.80. The van der Waals surface area contributed by atoms with Gasteiger partial charge in [0.25, 0.3) is 0 Å². The first-order valence-corrected chi connectivity index (χ1v) is 11.6. The lowest BCUT2D eigenvalue weighted by Gasteiger charge is -2.29. The summed E-state index contributed by atoms with van der Waals surface area (Å²) in [5.74, 6) is -0.588. The van der Waals surface area contributed by atoms with E-state index in [9.17, 15) is 18.5 Å². The zero-order valence-corrected chi connectivity index (χ0v) is 17.0. The highest BCUT2D eigenvalue weighted by molar-refractivity contribution is 7.59. The van der Waals surface area contributed by atoms with E-state index < -0.39 is 19.6 Å². The molecular formula is C19H26FN2O5P. The number of hydrogen-bond donors (Lipinski definition) is 1. The molecule has 28 heavy (non-hydrogen) atoms. The third kappa shape index (κ3) is 4.73. The number of benzene rings is 1. The highest BCUT2D eigenvalue weighted by Gasteiger charge is 2.34. The van der Waals surface area contributed by atoms with Crippen molar-refractivity contribution in [3.8, 4) is 0 Å². The Labute approximate surface area is 164 Å². The fourth-order valence-electron chi connectivity index (χ4n) is 3.75. The van der Waals surface area contributed by atoms with Crippen LogP contribution in [0.4, 0.5) is 14.9 Å². The summed E-state index contributed by atoms with van der Waals surface area (Å²) in [6.45, 7) is 4.12. The first-order valence-electron chi connectivity index (χ1n) is 9.56. The Morgan fingerprint density at radius 1 is 1.39 bits per heavy atom. The molecule has 3 rings (SSSR count). The van der Waals surface area contributed by atoms with Crippen LogP contribution in [0.1, 0.15) is 38.2 Å². The number of carbonyl (C=O) groups excluding carboxylic acids is 2. The number of nitrogens with one attached hydrogen (secondary N) is 1. The van der Waals surface area contributed by atoms with Gasteiger partial charge in [-0.1, -0.05) is 6.07 Å². The normalized spacial score (nSPS) is 27.5. The van der Waals surface area contributed by atoms with Crippen LogP contribution in [0.3, 0.4) is 0 Å². The van der Waals surface area contributed by atoms with Gasteiger partial charge in [0.15, 0.2) is 0 Å². The average Bonchev–Trinajstić information content (AvgIpc) is 3.02. The zero-order valence-electron chi connectivity index (χ0n) is 16.2. The van der Waals surface area contributed by atoms with Crippen LogP contribution >= 0.6 is 7.37 Å². The lowest BCUT2D eigenvalue weighted by Crippen LogP contribution is -2.33. The first kappa shape index (κ1) is 20.8. The summed E-state index contributed by atoms with van der Waals surface area (Å²) in [6, 6.07) is 4.74. The Kier molecular flexibility index (Phi) is 6.40. The van der Waals surface area contributed by atoms with Crippen molar-refractivity contribution in [1.82, 2.24) is 5.32 Å². The molecule has 1 aromatic rings. The molecule has 1 N–H and O–H groups in total. The van der Waals surface area contributed by atoms with Gasteiger partial charge < -0.3 is 14.6 Å². The van der Waals surface area contributed by atoms with Gasteiger partial charge in [0.1, 0.15) is 11.9 Å². The minimum Gasteiger partial charge on any atom is -0.442 e. The second-order valence-corrected chi connectivity index (χ2v) is 9.99. The standard InChI is InChI=1S/C19H26FN2O5P/c1-3-26-28(25)8-6-14(7-9-28)17-5-4-15(10-18(17)20)22-12-16(27-19(22)24)11-21-13(2)23/h4-5,10,14,16H,3,6-9,11-12H2,1-2H3,(H,21,23). The number of hydrogen-bond acceptors (Lipinski definition) is 5. The van der Waals surface area contributed by atoms with E-state index in [-0.39, 0.29) is 30.7 Å². The highest BCUT2D eigenvalue weighted by atomic mass is 31.2. The molecule has 2 heterocycles. The van der Waals surface area contributed by atoms with Crippen molar-refractivity contribution in [1.29, 1.82) is 0 Å². The van der Waals surface area contributed by atoms with Gasteiger partial charge in [-0.25, -0.2) is 9.18 Å². The maximum Gasteiger partial charge on any atom is 0.414 e. The number of ether oxygens (including phenoxy) is 1. The van der Waals surface area contributed by atoms with Crippen molar-refractivity contribution in [2.75, 3.05) is 36.9 Å². The molecule has 7 nitrogen and oxygen atoms in total. The van der Waals surface area contributed by atoms with Crippen LogP contribution in [0.5, 0.6) is 0 Å². The SMILES string of the molecule is CCOP1(=O)CCC(c2ccc(N3CC(CNC(C)=O)OC3=O)cc2F)CC1. The van der Waals surface area contributed by atoms with Gasteiger partial charge >= 0.3 is 6.09 Å². The van der Waals surface area contributed by atoms with Crippen molar-refractivity contribution in [2.45, 2.75) is 38.7 Å². The number of halogens is 1. The minimum atomic E-state index is -2.56. The molecule has 9 heteroatoms. The summed E-state index contributed by atoms with van der Waals surface area (Å²) >= 11 is 0. The second kappa shape index (κ2) is 8.62. The molecule has 2 fully saturated rings. The van der Waals surface area contributed by atoms with E-state index in [4.69, 9.17) is 9.26 Å². The van der Waals surface area contributed by atoms with Crippen LogP contribution in [-0.2, 0) is 18.6 Å². The zero-order chi connectivity index (χ0) is 20.3. The summed E-state index contributed by atoms with van der Waals surface area (Å²) in [7, 11) is -2.56. The van der Waals surface area contributed by atoms with Crippen LogP contribution in [0.15, 0.2) is 18.2 Å². The largest absolute Gasteiger partial charge is 0.442 e. The summed E-state index contributed by atoms with van der Waals surface area (Å²) in [4.78, 5) is 24.5. The Morgan fingerprint density at radius 2 is 2.11 bits per heavy atom. The maximum absolute atomic E-state index is 14.8. The highest BCUT2D eigenvalue weighted by Crippen LogP contribution is 2.54. The molecule has 2 amide bonds. The molecule has 2 aliphatic rings. The van der Waals surface area contributed by atoms with E-state index in [2.05, 4.69) is 5.32 Å². The first-order chi connectivity index (χ1) is 13.3. The van der Waals surface area contributed by atoms with E-state index >= 15 is 0 Å². The third-order valence-electron chi connectivity index (χ3n) is 5.19. The Bertz CT molecular complexity index is 791. The summed E-state index contributed by atoms with van der Waals surface area (Å²) in [5.41, 5.74) is 1.00. The van der Waals surface area contributed by atoms with E-state index in [1.807, 2.05) is 6.92 Å². The maximum atomic E-state index is 14.8. The Morgan fingerprint density at radius 3 is 2.71 bits per heavy atom. The number of rotatable bonds is 6. The number of anilines is 1. The summed E-state index contributed by atoms with van der Waals surface area (Å²) in [5, 5.41) is 2.61. The van der Waals surface area contributed by atoms with Gasteiger partial charge in [-0.05, 0) is 43.4 Å². The quantitative estimate of drug-likeness (QED) is 0.723. The predicted molar refractivity (Wildman–Crippen MR) is 104 cm³/mol. The van der Waals surface area contributed by atoms with Gasteiger partial charge in [-0.2, -0.15) is 0 Å². The van der Waals surface area contributed by atoms with E-state index in [1.54, 1.807) is 12.1 Å². The number of amides is 2. The Balaban J connectivity index is 1.65. The molecule has 0 saturated carbocycles. The number of nitrogens with zero attached hydrogens (tertiary/aromatic N) is 1. The number of carbonyl (C=O) groups is 2. The fourth-order valence-corrected chi connectivity index (χ4v) is 6.11. The van der Waals surface area contributed by atoms with Crippen LogP contribution in [-0.4, -0.2) is 50.1 Å². The molecular weight excluding hydrogens is 386 g/mol.